The second kappa shape index (κ2) is 7.13. The summed E-state index contributed by atoms with van der Waals surface area (Å²) in [6, 6.07) is 8.95. The summed E-state index contributed by atoms with van der Waals surface area (Å²) in [5.41, 5.74) is 1.41. The van der Waals surface area contributed by atoms with Gasteiger partial charge in [0.25, 0.3) is 0 Å². The van der Waals surface area contributed by atoms with Crippen LogP contribution in [0, 0.1) is 11.8 Å². The van der Waals surface area contributed by atoms with Gasteiger partial charge >= 0.3 is 0 Å². The number of rotatable bonds is 4. The van der Waals surface area contributed by atoms with Gasteiger partial charge < -0.3 is 5.11 Å². The van der Waals surface area contributed by atoms with Gasteiger partial charge in [-0.1, -0.05) is 36.6 Å². The monoisotopic (exact) mass is 307 g/mol. The van der Waals surface area contributed by atoms with E-state index in [1.165, 1.54) is 50.6 Å². The predicted molar refractivity (Wildman–Crippen MR) is 87.5 cm³/mol. The summed E-state index contributed by atoms with van der Waals surface area (Å²) in [7, 11) is 0. The largest absolute Gasteiger partial charge is 0.396 e. The van der Waals surface area contributed by atoms with Crippen molar-refractivity contribution in [2.75, 3.05) is 19.7 Å². The Morgan fingerprint density at radius 2 is 1.86 bits per heavy atom. The maximum Gasteiger partial charge on any atom is 0.0471 e. The van der Waals surface area contributed by atoms with Crippen LogP contribution in [0.4, 0.5) is 0 Å². The van der Waals surface area contributed by atoms with E-state index < -0.39 is 0 Å². The van der Waals surface area contributed by atoms with E-state index in [4.69, 9.17) is 11.6 Å². The van der Waals surface area contributed by atoms with Crippen LogP contribution < -0.4 is 0 Å². The van der Waals surface area contributed by atoms with Crippen LogP contribution >= 0.6 is 11.6 Å². The fourth-order valence-corrected chi connectivity index (χ4v) is 3.99. The Balaban J connectivity index is 1.82. The maximum absolute atomic E-state index is 9.59. The summed E-state index contributed by atoms with van der Waals surface area (Å²) >= 11 is 6.05. The molecule has 1 saturated carbocycles. The highest BCUT2D eigenvalue weighted by atomic mass is 35.5. The topological polar surface area (TPSA) is 23.5 Å². The lowest BCUT2D eigenvalue weighted by atomic mass is 9.76. The van der Waals surface area contributed by atoms with E-state index in [9.17, 15) is 5.11 Å². The van der Waals surface area contributed by atoms with E-state index in [-0.39, 0.29) is 0 Å². The zero-order valence-electron chi connectivity index (χ0n) is 12.7. The van der Waals surface area contributed by atoms with Crippen molar-refractivity contribution in [2.24, 2.45) is 11.8 Å². The number of hydrogen-bond donors (Lipinski definition) is 1. The van der Waals surface area contributed by atoms with E-state index in [2.05, 4.69) is 17.0 Å². The van der Waals surface area contributed by atoms with Crippen LogP contribution in [0.25, 0.3) is 0 Å². The number of hydrogen-bond acceptors (Lipinski definition) is 2. The molecule has 1 N–H and O–H groups in total. The molecule has 3 heteroatoms. The predicted octanol–water partition coefficient (Wildman–Crippen LogP) is 4.28. The van der Waals surface area contributed by atoms with Crippen molar-refractivity contribution < 1.29 is 5.11 Å². The molecule has 0 bridgehead atoms. The Morgan fingerprint density at radius 3 is 2.48 bits per heavy atom. The van der Waals surface area contributed by atoms with Gasteiger partial charge in [-0.15, -0.1) is 0 Å². The highest BCUT2D eigenvalue weighted by Crippen LogP contribution is 2.42. The average molecular weight is 308 g/mol. The van der Waals surface area contributed by atoms with E-state index in [1.807, 2.05) is 12.1 Å². The Morgan fingerprint density at radius 1 is 1.10 bits per heavy atom. The number of benzene rings is 1. The molecule has 21 heavy (non-hydrogen) atoms. The van der Waals surface area contributed by atoms with E-state index >= 15 is 0 Å². The molecule has 0 spiro atoms. The minimum Gasteiger partial charge on any atom is -0.396 e. The lowest BCUT2D eigenvalue weighted by Crippen LogP contribution is -2.39. The number of aliphatic hydroxyl groups is 1. The molecule has 0 amide bonds. The van der Waals surface area contributed by atoms with Crippen LogP contribution in [0.2, 0.25) is 5.02 Å². The normalized spacial score (nSPS) is 26.1. The molecule has 1 aromatic rings. The molecule has 1 saturated heterocycles. The molecular formula is C18H26ClNO. The standard InChI is InChI=1S/C18H26ClNO/c19-17-9-7-16(8-10-17)18(15-5-3-6-15)20-11-2-1-4-14(12-20)13-21/h7-10,14-15,18,21H,1-6,11-13H2. The number of likely N-dealkylation sites (tertiary alicyclic amines) is 1. The molecule has 1 aliphatic carbocycles. The fourth-order valence-electron chi connectivity index (χ4n) is 3.86. The molecule has 1 aliphatic heterocycles. The Bertz CT molecular complexity index is 443. The van der Waals surface area contributed by atoms with E-state index in [0.717, 1.165) is 17.5 Å². The maximum atomic E-state index is 9.59. The average Bonchev–Trinajstić information content (AvgIpc) is 2.69. The third-order valence-corrected chi connectivity index (χ3v) is 5.51. The van der Waals surface area contributed by atoms with Crippen LogP contribution in [-0.4, -0.2) is 29.7 Å². The van der Waals surface area contributed by atoms with Crippen LogP contribution in [0.5, 0.6) is 0 Å². The van der Waals surface area contributed by atoms with Crippen LogP contribution in [0.1, 0.15) is 50.1 Å². The second-order valence-electron chi connectivity index (χ2n) is 6.73. The van der Waals surface area contributed by atoms with Crippen LogP contribution in [0.3, 0.4) is 0 Å². The molecule has 1 heterocycles. The molecule has 2 nitrogen and oxygen atoms in total. The van der Waals surface area contributed by atoms with Crippen molar-refractivity contribution in [3.05, 3.63) is 34.9 Å². The summed E-state index contributed by atoms with van der Waals surface area (Å²) < 4.78 is 0. The van der Waals surface area contributed by atoms with Gasteiger partial charge in [0.15, 0.2) is 0 Å². The summed E-state index contributed by atoms with van der Waals surface area (Å²) in [5, 5.41) is 10.4. The van der Waals surface area contributed by atoms with Gasteiger partial charge in [0.2, 0.25) is 0 Å². The summed E-state index contributed by atoms with van der Waals surface area (Å²) in [4.78, 5) is 2.64. The van der Waals surface area contributed by atoms with Crippen molar-refractivity contribution in [2.45, 2.75) is 44.6 Å². The molecule has 116 valence electrons. The molecule has 2 unspecified atom stereocenters. The summed E-state index contributed by atoms with van der Waals surface area (Å²) in [6.45, 7) is 2.54. The van der Waals surface area contributed by atoms with Crippen molar-refractivity contribution in [3.8, 4) is 0 Å². The zero-order valence-corrected chi connectivity index (χ0v) is 13.4. The summed E-state index contributed by atoms with van der Waals surface area (Å²) in [5.74, 6) is 1.23. The second-order valence-corrected chi connectivity index (χ2v) is 7.16. The fraction of sp³-hybridized carbons (Fsp3) is 0.667. The van der Waals surface area contributed by atoms with E-state index in [1.54, 1.807) is 0 Å². The minimum atomic E-state index is 0.328. The van der Waals surface area contributed by atoms with Crippen molar-refractivity contribution in [1.82, 2.24) is 4.90 Å². The lowest BCUT2D eigenvalue weighted by Gasteiger charge is -2.42. The molecule has 0 aromatic heterocycles. The molecule has 0 radical (unpaired) electrons. The number of aliphatic hydroxyl groups excluding tert-OH is 1. The zero-order chi connectivity index (χ0) is 14.7. The van der Waals surface area contributed by atoms with Crippen molar-refractivity contribution in [3.63, 3.8) is 0 Å². The molecular weight excluding hydrogens is 282 g/mol. The third kappa shape index (κ3) is 3.61. The Hall–Kier alpha value is -0.570. The van der Waals surface area contributed by atoms with Crippen molar-refractivity contribution >= 4 is 11.6 Å². The molecule has 1 aromatic carbocycles. The van der Waals surface area contributed by atoms with Gasteiger partial charge in [0.05, 0.1) is 0 Å². The first-order chi connectivity index (χ1) is 10.3. The van der Waals surface area contributed by atoms with Gasteiger partial charge in [-0.05, 0) is 61.8 Å². The minimum absolute atomic E-state index is 0.328. The van der Waals surface area contributed by atoms with Crippen LogP contribution in [-0.2, 0) is 0 Å². The third-order valence-electron chi connectivity index (χ3n) is 5.26. The van der Waals surface area contributed by atoms with Gasteiger partial charge in [0.1, 0.15) is 0 Å². The smallest absolute Gasteiger partial charge is 0.0471 e. The lowest BCUT2D eigenvalue weighted by molar-refractivity contribution is 0.0751. The van der Waals surface area contributed by atoms with Gasteiger partial charge in [-0.3, -0.25) is 4.90 Å². The Labute approximate surface area is 133 Å². The molecule has 2 fully saturated rings. The Kier molecular flexibility index (Phi) is 5.20. The molecule has 3 rings (SSSR count). The SMILES string of the molecule is OCC1CCCCN(C(c2ccc(Cl)cc2)C2CCC2)C1. The highest BCUT2D eigenvalue weighted by Gasteiger charge is 2.34. The van der Waals surface area contributed by atoms with E-state index in [0.29, 0.717) is 18.6 Å². The first-order valence-corrected chi connectivity index (χ1v) is 8.76. The first kappa shape index (κ1) is 15.3. The quantitative estimate of drug-likeness (QED) is 0.897. The van der Waals surface area contributed by atoms with Crippen LogP contribution in [0.15, 0.2) is 24.3 Å². The van der Waals surface area contributed by atoms with Gasteiger partial charge in [-0.2, -0.15) is 0 Å². The summed E-state index contributed by atoms with van der Waals surface area (Å²) in [6.07, 6.45) is 7.73. The van der Waals surface area contributed by atoms with Gasteiger partial charge in [-0.25, -0.2) is 0 Å². The molecule has 2 aliphatic rings. The van der Waals surface area contributed by atoms with Crippen molar-refractivity contribution in [1.29, 1.82) is 0 Å². The van der Waals surface area contributed by atoms with Gasteiger partial charge in [0, 0.05) is 24.2 Å². The highest BCUT2D eigenvalue weighted by molar-refractivity contribution is 6.30. The molecule has 2 atom stereocenters. The number of halogens is 1. The first-order valence-electron chi connectivity index (χ1n) is 8.38. The number of nitrogens with zero attached hydrogens (tertiary/aromatic N) is 1.